The van der Waals surface area contributed by atoms with Crippen LogP contribution in [0, 0.1) is 11.8 Å². The van der Waals surface area contributed by atoms with E-state index in [0.29, 0.717) is 6.10 Å². The highest BCUT2D eigenvalue weighted by Crippen LogP contribution is 2.32. The summed E-state index contributed by atoms with van der Waals surface area (Å²) in [6.07, 6.45) is 7.36. The molecular formula is C13H27NO. The molecule has 1 aliphatic carbocycles. The van der Waals surface area contributed by atoms with E-state index in [1.807, 2.05) is 0 Å². The smallest absolute Gasteiger partial charge is 0.0518 e. The van der Waals surface area contributed by atoms with Crippen LogP contribution in [0.3, 0.4) is 0 Å². The lowest BCUT2D eigenvalue weighted by Gasteiger charge is -2.23. The molecule has 2 heteroatoms. The molecule has 1 aliphatic rings. The molecule has 1 atom stereocenters. The topological polar surface area (TPSA) is 21.3 Å². The molecule has 0 aromatic carbocycles. The molecule has 0 amide bonds. The lowest BCUT2D eigenvalue weighted by Crippen LogP contribution is -2.26. The molecule has 0 bridgehead atoms. The van der Waals surface area contributed by atoms with Gasteiger partial charge < -0.3 is 10.1 Å². The lowest BCUT2D eigenvalue weighted by atomic mass is 9.88. The second-order valence-corrected chi connectivity index (χ2v) is 5.07. The standard InChI is InChI=1S/C13H27NO/c1-11(2)15-9-8-13(10-14-3)12-6-4-5-7-12/h11-14H,4-10H2,1-3H3. The van der Waals surface area contributed by atoms with E-state index in [9.17, 15) is 0 Å². The fourth-order valence-corrected chi connectivity index (χ4v) is 2.65. The Balaban J connectivity index is 2.23. The van der Waals surface area contributed by atoms with E-state index in [0.717, 1.165) is 25.0 Å². The summed E-state index contributed by atoms with van der Waals surface area (Å²) in [4.78, 5) is 0. The first kappa shape index (κ1) is 13.0. The summed E-state index contributed by atoms with van der Waals surface area (Å²) >= 11 is 0. The zero-order valence-corrected chi connectivity index (χ0v) is 10.6. The summed E-state index contributed by atoms with van der Waals surface area (Å²) in [7, 11) is 2.06. The van der Waals surface area contributed by atoms with Crippen LogP contribution in [0.2, 0.25) is 0 Å². The Labute approximate surface area is 94.8 Å². The maximum atomic E-state index is 5.65. The van der Waals surface area contributed by atoms with E-state index in [1.165, 1.54) is 32.1 Å². The Bertz CT molecular complexity index is 153. The first-order chi connectivity index (χ1) is 7.24. The molecule has 1 N–H and O–H groups in total. The van der Waals surface area contributed by atoms with Gasteiger partial charge in [-0.15, -0.1) is 0 Å². The van der Waals surface area contributed by atoms with Crippen molar-refractivity contribution in [3.05, 3.63) is 0 Å². The summed E-state index contributed by atoms with van der Waals surface area (Å²) in [6.45, 7) is 6.32. The number of ether oxygens (including phenoxy) is 1. The fraction of sp³-hybridized carbons (Fsp3) is 1.00. The normalized spacial score (nSPS) is 20.0. The predicted molar refractivity (Wildman–Crippen MR) is 65.1 cm³/mol. The maximum Gasteiger partial charge on any atom is 0.0518 e. The average molecular weight is 213 g/mol. The first-order valence-corrected chi connectivity index (χ1v) is 6.50. The number of hydrogen-bond donors (Lipinski definition) is 1. The third-order valence-electron chi connectivity index (χ3n) is 3.47. The van der Waals surface area contributed by atoms with Gasteiger partial charge in [-0.3, -0.25) is 0 Å². The third kappa shape index (κ3) is 4.98. The van der Waals surface area contributed by atoms with Crippen LogP contribution in [-0.2, 0) is 4.74 Å². The first-order valence-electron chi connectivity index (χ1n) is 6.50. The molecule has 1 rings (SSSR count). The summed E-state index contributed by atoms with van der Waals surface area (Å²) in [5.74, 6) is 1.78. The van der Waals surface area contributed by atoms with Crippen molar-refractivity contribution >= 4 is 0 Å². The van der Waals surface area contributed by atoms with Gasteiger partial charge in [-0.25, -0.2) is 0 Å². The van der Waals surface area contributed by atoms with E-state index in [1.54, 1.807) is 0 Å². The van der Waals surface area contributed by atoms with Gasteiger partial charge in [0.15, 0.2) is 0 Å². The molecular weight excluding hydrogens is 186 g/mol. The molecule has 1 fully saturated rings. The van der Waals surface area contributed by atoms with Crippen LogP contribution in [0.5, 0.6) is 0 Å². The van der Waals surface area contributed by atoms with Crippen molar-refractivity contribution in [2.24, 2.45) is 11.8 Å². The molecule has 1 unspecified atom stereocenters. The Kier molecular flexibility index (Phi) is 6.26. The monoisotopic (exact) mass is 213 g/mol. The minimum Gasteiger partial charge on any atom is -0.379 e. The van der Waals surface area contributed by atoms with Gasteiger partial charge in [-0.1, -0.05) is 25.7 Å². The van der Waals surface area contributed by atoms with Crippen molar-refractivity contribution in [2.75, 3.05) is 20.2 Å². The molecule has 0 aromatic heterocycles. The summed E-state index contributed by atoms with van der Waals surface area (Å²) < 4.78 is 5.65. The second-order valence-electron chi connectivity index (χ2n) is 5.07. The van der Waals surface area contributed by atoms with Gasteiger partial charge in [0.05, 0.1) is 6.10 Å². The zero-order chi connectivity index (χ0) is 11.1. The number of rotatable bonds is 7. The molecule has 0 aromatic rings. The Morgan fingerprint density at radius 3 is 2.47 bits per heavy atom. The summed E-state index contributed by atoms with van der Waals surface area (Å²) in [5, 5.41) is 3.33. The van der Waals surface area contributed by atoms with Crippen LogP contribution in [0.1, 0.15) is 46.0 Å². The van der Waals surface area contributed by atoms with Crippen molar-refractivity contribution in [3.8, 4) is 0 Å². The Morgan fingerprint density at radius 2 is 1.93 bits per heavy atom. The van der Waals surface area contributed by atoms with E-state index in [4.69, 9.17) is 4.74 Å². The largest absolute Gasteiger partial charge is 0.379 e. The summed E-state index contributed by atoms with van der Waals surface area (Å²) in [6, 6.07) is 0. The highest BCUT2D eigenvalue weighted by atomic mass is 16.5. The quantitative estimate of drug-likeness (QED) is 0.702. The van der Waals surface area contributed by atoms with Crippen LogP contribution >= 0.6 is 0 Å². The van der Waals surface area contributed by atoms with Crippen LogP contribution in [0.4, 0.5) is 0 Å². The summed E-state index contributed by atoms with van der Waals surface area (Å²) in [5.41, 5.74) is 0. The highest BCUT2D eigenvalue weighted by Gasteiger charge is 2.24. The minimum atomic E-state index is 0.379. The maximum absolute atomic E-state index is 5.65. The molecule has 0 heterocycles. The van der Waals surface area contributed by atoms with Gasteiger partial charge in [0.25, 0.3) is 0 Å². The SMILES string of the molecule is CNCC(CCOC(C)C)C1CCCC1. The lowest BCUT2D eigenvalue weighted by molar-refractivity contribution is 0.0626. The molecule has 0 spiro atoms. The number of nitrogens with one attached hydrogen (secondary N) is 1. The van der Waals surface area contributed by atoms with Gasteiger partial charge in [-0.2, -0.15) is 0 Å². The van der Waals surface area contributed by atoms with Crippen molar-refractivity contribution in [2.45, 2.75) is 52.1 Å². The Morgan fingerprint density at radius 1 is 1.27 bits per heavy atom. The van der Waals surface area contributed by atoms with Gasteiger partial charge in [-0.05, 0) is 45.7 Å². The van der Waals surface area contributed by atoms with Crippen molar-refractivity contribution < 1.29 is 4.74 Å². The van der Waals surface area contributed by atoms with E-state index in [2.05, 4.69) is 26.2 Å². The fourth-order valence-electron chi connectivity index (χ4n) is 2.65. The predicted octanol–water partition coefficient (Wildman–Crippen LogP) is 2.83. The van der Waals surface area contributed by atoms with Gasteiger partial charge in [0.2, 0.25) is 0 Å². The number of hydrogen-bond acceptors (Lipinski definition) is 2. The average Bonchev–Trinajstić information content (AvgIpc) is 2.68. The minimum absolute atomic E-state index is 0.379. The molecule has 0 radical (unpaired) electrons. The van der Waals surface area contributed by atoms with E-state index in [-0.39, 0.29) is 0 Å². The van der Waals surface area contributed by atoms with Crippen LogP contribution in [-0.4, -0.2) is 26.3 Å². The molecule has 1 saturated carbocycles. The van der Waals surface area contributed by atoms with Crippen LogP contribution in [0.25, 0.3) is 0 Å². The van der Waals surface area contributed by atoms with Gasteiger partial charge in [0, 0.05) is 6.61 Å². The van der Waals surface area contributed by atoms with Crippen molar-refractivity contribution in [3.63, 3.8) is 0 Å². The molecule has 90 valence electrons. The molecule has 0 aliphatic heterocycles. The molecule has 0 saturated heterocycles. The van der Waals surface area contributed by atoms with Crippen LogP contribution < -0.4 is 5.32 Å². The highest BCUT2D eigenvalue weighted by molar-refractivity contribution is 4.76. The molecule has 15 heavy (non-hydrogen) atoms. The van der Waals surface area contributed by atoms with Gasteiger partial charge >= 0.3 is 0 Å². The second kappa shape index (κ2) is 7.24. The third-order valence-corrected chi connectivity index (χ3v) is 3.47. The zero-order valence-electron chi connectivity index (χ0n) is 10.6. The van der Waals surface area contributed by atoms with Gasteiger partial charge in [0.1, 0.15) is 0 Å². The molecule has 2 nitrogen and oxygen atoms in total. The van der Waals surface area contributed by atoms with E-state index < -0.39 is 0 Å². The Hall–Kier alpha value is -0.0800. The van der Waals surface area contributed by atoms with E-state index >= 15 is 0 Å². The van der Waals surface area contributed by atoms with Crippen LogP contribution in [0.15, 0.2) is 0 Å². The van der Waals surface area contributed by atoms with Crippen molar-refractivity contribution in [1.82, 2.24) is 5.32 Å². The van der Waals surface area contributed by atoms with Crippen molar-refractivity contribution in [1.29, 1.82) is 0 Å².